The Hall–Kier alpha value is -2.45. The molecule has 0 bridgehead atoms. The van der Waals surface area contributed by atoms with Gasteiger partial charge in [-0.05, 0) is 38.1 Å². The Labute approximate surface area is 128 Å². The fourth-order valence-corrected chi connectivity index (χ4v) is 1.75. The molecule has 0 saturated heterocycles. The molecule has 0 amide bonds. The van der Waals surface area contributed by atoms with Crippen LogP contribution in [0.2, 0.25) is 0 Å². The Kier molecular flexibility index (Phi) is 9.15. The highest BCUT2D eigenvalue weighted by atomic mass is 16.4. The first kappa shape index (κ1) is 19.6. The summed E-state index contributed by atoms with van der Waals surface area (Å²) in [6, 6.07) is 1.76. The predicted molar refractivity (Wildman–Crippen MR) is 84.8 cm³/mol. The molecule has 1 atom stereocenters. The summed E-state index contributed by atoms with van der Waals surface area (Å²) in [6.45, 7) is 4.69. The van der Waals surface area contributed by atoms with E-state index >= 15 is 0 Å². The van der Waals surface area contributed by atoms with Crippen LogP contribution in [0.25, 0.3) is 0 Å². The number of phenolic OH excluding ortho intramolecular Hbond substituents is 2. The third kappa shape index (κ3) is 6.33. The van der Waals surface area contributed by atoms with Gasteiger partial charge >= 0.3 is 5.97 Å². The molecule has 7 N–H and O–H groups in total. The number of benzene rings is 1. The van der Waals surface area contributed by atoms with Gasteiger partial charge in [0, 0.05) is 24.4 Å². The van der Waals surface area contributed by atoms with E-state index in [4.69, 9.17) is 16.4 Å². The third-order valence-corrected chi connectivity index (χ3v) is 2.82. The van der Waals surface area contributed by atoms with Gasteiger partial charge in [-0.15, -0.1) is 0 Å². The van der Waals surface area contributed by atoms with Crippen LogP contribution >= 0.6 is 0 Å². The van der Waals surface area contributed by atoms with E-state index in [1.807, 2.05) is 0 Å². The van der Waals surface area contributed by atoms with Crippen molar-refractivity contribution in [3.8, 4) is 11.5 Å². The number of aryl methyl sites for hydroxylation is 1. The number of rotatable bonds is 7. The molecule has 0 aliphatic rings. The van der Waals surface area contributed by atoms with Crippen molar-refractivity contribution in [1.82, 2.24) is 5.43 Å². The quantitative estimate of drug-likeness (QED) is 0.189. The van der Waals surface area contributed by atoms with E-state index in [-0.39, 0.29) is 11.5 Å². The molecule has 1 aromatic carbocycles. The van der Waals surface area contributed by atoms with Gasteiger partial charge in [-0.25, -0.2) is 4.79 Å². The fourth-order valence-electron chi connectivity index (χ4n) is 1.75. The first-order valence-electron chi connectivity index (χ1n) is 6.53. The van der Waals surface area contributed by atoms with Gasteiger partial charge in [-0.3, -0.25) is 16.3 Å². The smallest absolute Gasteiger partial charge is 0.328 e. The molecular weight excluding hydrogens is 288 g/mol. The molecule has 0 aliphatic carbocycles. The molecule has 0 radical (unpaired) electrons. The molecule has 1 rings (SSSR count). The molecule has 22 heavy (non-hydrogen) atoms. The van der Waals surface area contributed by atoms with Crippen molar-refractivity contribution in [2.75, 3.05) is 6.54 Å². The average Bonchev–Trinajstić information content (AvgIpc) is 2.46. The molecule has 0 aromatic heterocycles. The number of hydrogen-bond donors (Lipinski definition) is 6. The van der Waals surface area contributed by atoms with Crippen LogP contribution in [-0.2, 0) is 4.79 Å². The van der Waals surface area contributed by atoms with Gasteiger partial charge in [0.15, 0.2) is 0 Å². The standard InChI is InChI=1S/C13H19N3O4.CH3N/c1-8-5-9(17)6-12(18)10(8)7-15-11(13(19)20)3-2-4-16-14;1-2/h5-7,11,16-18H,2-4,14H2,1H3,(H,19,20);2H,1H2. The molecular formula is C14H22N4O4. The van der Waals surface area contributed by atoms with Crippen molar-refractivity contribution >= 4 is 18.9 Å². The molecule has 8 heteroatoms. The normalized spacial score (nSPS) is 11.7. The number of aromatic hydroxyl groups is 2. The second kappa shape index (κ2) is 10.3. The molecule has 122 valence electrons. The lowest BCUT2D eigenvalue weighted by Gasteiger charge is -2.08. The van der Waals surface area contributed by atoms with E-state index in [2.05, 4.69) is 17.1 Å². The van der Waals surface area contributed by atoms with E-state index in [0.29, 0.717) is 30.5 Å². The van der Waals surface area contributed by atoms with Crippen LogP contribution in [0.4, 0.5) is 0 Å². The lowest BCUT2D eigenvalue weighted by molar-refractivity contribution is -0.138. The van der Waals surface area contributed by atoms with Crippen molar-refractivity contribution in [3.63, 3.8) is 0 Å². The second-order valence-electron chi connectivity index (χ2n) is 4.42. The van der Waals surface area contributed by atoms with E-state index in [1.54, 1.807) is 6.92 Å². The molecule has 1 unspecified atom stereocenters. The zero-order valence-electron chi connectivity index (χ0n) is 12.4. The van der Waals surface area contributed by atoms with Gasteiger partial charge in [-0.1, -0.05) is 0 Å². The fraction of sp³-hybridized carbons (Fsp3) is 0.357. The van der Waals surface area contributed by atoms with Crippen molar-refractivity contribution < 1.29 is 20.1 Å². The second-order valence-corrected chi connectivity index (χ2v) is 4.42. The Morgan fingerprint density at radius 1 is 1.50 bits per heavy atom. The lowest BCUT2D eigenvalue weighted by atomic mass is 10.1. The van der Waals surface area contributed by atoms with Gasteiger partial charge < -0.3 is 20.7 Å². The van der Waals surface area contributed by atoms with Crippen molar-refractivity contribution in [2.24, 2.45) is 10.8 Å². The SMILES string of the molecule is C=N.Cc1cc(O)cc(O)c1C=NC(CCCNN)C(=O)O. The molecule has 0 spiro atoms. The minimum absolute atomic E-state index is 0.0547. The number of nitrogens with two attached hydrogens (primary N) is 1. The molecule has 1 aromatic rings. The zero-order chi connectivity index (χ0) is 17.1. The number of hydrazine groups is 1. The predicted octanol–water partition coefficient (Wildman–Crippen LogP) is 0.788. The number of carboxylic acid groups (broad SMARTS) is 1. The number of carboxylic acids is 1. The highest BCUT2D eigenvalue weighted by Crippen LogP contribution is 2.25. The van der Waals surface area contributed by atoms with Crippen LogP contribution in [0.15, 0.2) is 17.1 Å². The number of hydrogen-bond acceptors (Lipinski definition) is 7. The summed E-state index contributed by atoms with van der Waals surface area (Å²) in [5, 5.41) is 33.6. The maximum atomic E-state index is 11.1. The Morgan fingerprint density at radius 2 is 2.14 bits per heavy atom. The van der Waals surface area contributed by atoms with Gasteiger partial charge in [0.05, 0.1) is 0 Å². The third-order valence-electron chi connectivity index (χ3n) is 2.82. The summed E-state index contributed by atoms with van der Waals surface area (Å²) in [5.41, 5.74) is 3.45. The molecule has 0 heterocycles. The average molecular weight is 310 g/mol. The molecule has 0 saturated carbocycles. The van der Waals surface area contributed by atoms with Crippen LogP contribution in [0.3, 0.4) is 0 Å². The molecule has 0 aliphatic heterocycles. The topological polar surface area (TPSA) is 152 Å². The molecule has 0 fully saturated rings. The maximum Gasteiger partial charge on any atom is 0.328 e. The van der Waals surface area contributed by atoms with E-state index in [9.17, 15) is 15.0 Å². The van der Waals surface area contributed by atoms with Gasteiger partial charge in [0.2, 0.25) is 0 Å². The Morgan fingerprint density at radius 3 is 2.64 bits per heavy atom. The van der Waals surface area contributed by atoms with Gasteiger partial charge in [0.25, 0.3) is 0 Å². The summed E-state index contributed by atoms with van der Waals surface area (Å²) in [4.78, 5) is 15.1. The molecule has 8 nitrogen and oxygen atoms in total. The summed E-state index contributed by atoms with van der Waals surface area (Å²) >= 11 is 0. The van der Waals surface area contributed by atoms with Crippen LogP contribution in [0.5, 0.6) is 11.5 Å². The minimum Gasteiger partial charge on any atom is -0.508 e. The number of aliphatic imine (C=N–C) groups is 1. The monoisotopic (exact) mass is 310 g/mol. The van der Waals surface area contributed by atoms with E-state index < -0.39 is 12.0 Å². The first-order valence-corrected chi connectivity index (χ1v) is 6.53. The van der Waals surface area contributed by atoms with Gasteiger partial charge in [-0.2, -0.15) is 0 Å². The summed E-state index contributed by atoms with van der Waals surface area (Å²) in [5.74, 6) is 3.89. The summed E-state index contributed by atoms with van der Waals surface area (Å²) < 4.78 is 0. The summed E-state index contributed by atoms with van der Waals surface area (Å²) in [6.07, 6.45) is 2.23. The minimum atomic E-state index is -1.03. The number of phenols is 2. The Balaban J connectivity index is 0.00000211. The highest BCUT2D eigenvalue weighted by molar-refractivity contribution is 5.88. The zero-order valence-corrected chi connectivity index (χ0v) is 12.4. The van der Waals surface area contributed by atoms with E-state index in [1.165, 1.54) is 18.3 Å². The van der Waals surface area contributed by atoms with Crippen LogP contribution in [-0.4, -0.2) is 46.8 Å². The van der Waals surface area contributed by atoms with E-state index in [0.717, 1.165) is 0 Å². The van der Waals surface area contributed by atoms with Crippen molar-refractivity contribution in [1.29, 1.82) is 5.41 Å². The lowest BCUT2D eigenvalue weighted by Crippen LogP contribution is -2.25. The van der Waals surface area contributed by atoms with Crippen molar-refractivity contribution in [3.05, 3.63) is 23.3 Å². The first-order chi connectivity index (χ1) is 10.5. The van der Waals surface area contributed by atoms with Crippen LogP contribution in [0.1, 0.15) is 24.0 Å². The number of aliphatic carboxylic acids is 1. The van der Waals surface area contributed by atoms with Crippen molar-refractivity contribution in [2.45, 2.75) is 25.8 Å². The number of nitrogens with zero attached hydrogens (tertiary/aromatic N) is 1. The maximum absolute atomic E-state index is 11.1. The Bertz CT molecular complexity index is 497. The van der Waals surface area contributed by atoms with Crippen LogP contribution < -0.4 is 11.3 Å². The van der Waals surface area contributed by atoms with Crippen LogP contribution in [0, 0.1) is 12.3 Å². The number of nitrogens with one attached hydrogen (secondary N) is 2. The summed E-state index contributed by atoms with van der Waals surface area (Å²) in [7, 11) is 0. The largest absolute Gasteiger partial charge is 0.508 e. The number of carbonyl (C=O) groups is 1. The van der Waals surface area contributed by atoms with Gasteiger partial charge in [0.1, 0.15) is 17.5 Å². The highest BCUT2D eigenvalue weighted by Gasteiger charge is 2.15.